The molecule has 0 aliphatic rings. The summed E-state index contributed by atoms with van der Waals surface area (Å²) in [6.07, 6.45) is 2.70. The van der Waals surface area contributed by atoms with E-state index in [1.54, 1.807) is 36.4 Å². The zero-order valence-corrected chi connectivity index (χ0v) is 13.1. The molecule has 0 unspecified atom stereocenters. The smallest absolute Gasteiger partial charge is 0.331 e. The molecule has 0 spiro atoms. The number of amides is 1. The van der Waals surface area contributed by atoms with Crippen molar-refractivity contribution in [2.24, 2.45) is 0 Å². The molecule has 1 N–H and O–H groups in total. The van der Waals surface area contributed by atoms with Crippen molar-refractivity contribution in [1.82, 2.24) is 0 Å². The fraction of sp³-hybridized carbons (Fsp3) is 0.0667. The van der Waals surface area contributed by atoms with Crippen molar-refractivity contribution in [2.75, 3.05) is 11.9 Å². The first-order valence-corrected chi connectivity index (χ1v) is 7.16. The van der Waals surface area contributed by atoms with Gasteiger partial charge in [0.2, 0.25) is 0 Å². The number of para-hydroxylation sites is 1. The number of furan rings is 1. The number of nitrogens with one attached hydrogen (secondary N) is 1. The monoisotopic (exact) mass is 397 g/mol. The van der Waals surface area contributed by atoms with Crippen LogP contribution in [0.3, 0.4) is 0 Å². The highest BCUT2D eigenvalue weighted by Gasteiger charge is 2.05. The van der Waals surface area contributed by atoms with E-state index in [1.165, 1.54) is 12.2 Å². The van der Waals surface area contributed by atoms with Gasteiger partial charge in [0, 0.05) is 11.8 Å². The second-order valence-electron chi connectivity index (χ2n) is 4.00. The Labute approximate surface area is 135 Å². The number of rotatable bonds is 5. The third kappa shape index (κ3) is 5.42. The molecule has 0 saturated heterocycles. The van der Waals surface area contributed by atoms with E-state index >= 15 is 0 Å². The average molecular weight is 397 g/mol. The molecule has 0 saturated carbocycles. The number of halogens is 1. The highest BCUT2D eigenvalue weighted by molar-refractivity contribution is 14.1. The number of hydrogen-bond acceptors (Lipinski definition) is 4. The average Bonchev–Trinajstić information content (AvgIpc) is 2.90. The third-order valence-corrected chi connectivity index (χ3v) is 2.96. The highest BCUT2D eigenvalue weighted by Crippen LogP contribution is 2.11. The lowest BCUT2D eigenvalue weighted by Gasteiger charge is -2.04. The summed E-state index contributed by atoms with van der Waals surface area (Å²) in [7, 11) is 0. The molecule has 1 heterocycles. The highest BCUT2D eigenvalue weighted by atomic mass is 127. The molecule has 0 radical (unpaired) electrons. The number of esters is 1. The SMILES string of the molecule is O=C(COC(=O)C=Cc1ccc(I)o1)Nc1ccccc1. The summed E-state index contributed by atoms with van der Waals surface area (Å²) in [4.78, 5) is 23.0. The maximum atomic E-state index is 11.6. The summed E-state index contributed by atoms with van der Waals surface area (Å²) >= 11 is 2.02. The van der Waals surface area contributed by atoms with E-state index in [-0.39, 0.29) is 6.61 Å². The van der Waals surface area contributed by atoms with Crippen molar-refractivity contribution in [3.63, 3.8) is 0 Å². The summed E-state index contributed by atoms with van der Waals surface area (Å²) in [5.74, 6) is -0.454. The van der Waals surface area contributed by atoms with Crippen LogP contribution in [0.5, 0.6) is 0 Å². The number of hydrogen-bond donors (Lipinski definition) is 1. The normalized spacial score (nSPS) is 10.5. The van der Waals surface area contributed by atoms with E-state index in [1.807, 2.05) is 28.7 Å². The van der Waals surface area contributed by atoms with Crippen LogP contribution in [0, 0.1) is 3.77 Å². The van der Waals surface area contributed by atoms with Crippen LogP contribution in [0.15, 0.2) is 53.0 Å². The minimum atomic E-state index is -0.607. The van der Waals surface area contributed by atoms with Crippen LogP contribution in [-0.4, -0.2) is 18.5 Å². The molecule has 1 amide bonds. The van der Waals surface area contributed by atoms with Gasteiger partial charge in [-0.1, -0.05) is 18.2 Å². The van der Waals surface area contributed by atoms with E-state index in [9.17, 15) is 9.59 Å². The number of anilines is 1. The maximum Gasteiger partial charge on any atom is 0.331 e. The summed E-state index contributed by atoms with van der Waals surface area (Å²) in [6, 6.07) is 12.4. The summed E-state index contributed by atoms with van der Waals surface area (Å²) in [6.45, 7) is -0.340. The molecule has 0 fully saturated rings. The topological polar surface area (TPSA) is 68.5 Å². The molecule has 5 nitrogen and oxygen atoms in total. The number of carbonyl (C=O) groups excluding carboxylic acids is 2. The third-order valence-electron chi connectivity index (χ3n) is 2.38. The van der Waals surface area contributed by atoms with Crippen LogP contribution < -0.4 is 5.32 Å². The Bertz CT molecular complexity index is 649. The molecule has 1 aromatic heterocycles. The van der Waals surface area contributed by atoms with Crippen molar-refractivity contribution in [1.29, 1.82) is 0 Å². The van der Waals surface area contributed by atoms with Gasteiger partial charge >= 0.3 is 5.97 Å². The van der Waals surface area contributed by atoms with E-state index in [0.29, 0.717) is 11.4 Å². The molecule has 0 aliphatic carbocycles. The van der Waals surface area contributed by atoms with Gasteiger partial charge in [-0.2, -0.15) is 0 Å². The Hall–Kier alpha value is -2.09. The van der Waals surface area contributed by atoms with Crippen LogP contribution in [0.25, 0.3) is 6.08 Å². The van der Waals surface area contributed by atoms with Crippen molar-refractivity contribution in [3.05, 3.63) is 58.1 Å². The fourth-order valence-electron chi connectivity index (χ4n) is 1.47. The second kappa shape index (κ2) is 7.63. The van der Waals surface area contributed by atoms with Gasteiger partial charge in [0.1, 0.15) is 5.76 Å². The summed E-state index contributed by atoms with van der Waals surface area (Å²) < 4.78 is 10.8. The van der Waals surface area contributed by atoms with Crippen LogP contribution in [-0.2, 0) is 14.3 Å². The van der Waals surface area contributed by atoms with Gasteiger partial charge in [0.05, 0.1) is 0 Å². The molecule has 1 aromatic carbocycles. The molecular weight excluding hydrogens is 385 g/mol. The summed E-state index contributed by atoms with van der Waals surface area (Å²) in [5.41, 5.74) is 0.652. The predicted molar refractivity (Wildman–Crippen MR) is 86.5 cm³/mol. The molecule has 21 heavy (non-hydrogen) atoms. The fourth-order valence-corrected chi connectivity index (χ4v) is 1.91. The lowest BCUT2D eigenvalue weighted by atomic mass is 10.3. The predicted octanol–water partition coefficient (Wildman–Crippen LogP) is 3.08. The largest absolute Gasteiger partial charge is 0.452 e. The minimum Gasteiger partial charge on any atom is -0.452 e. The molecule has 2 aromatic rings. The minimum absolute atomic E-state index is 0.340. The first kappa shape index (κ1) is 15.3. The van der Waals surface area contributed by atoms with Gasteiger partial charge in [-0.3, -0.25) is 4.79 Å². The van der Waals surface area contributed by atoms with Gasteiger partial charge in [0.25, 0.3) is 5.91 Å². The first-order chi connectivity index (χ1) is 10.1. The number of benzene rings is 1. The van der Waals surface area contributed by atoms with E-state index in [2.05, 4.69) is 5.32 Å². The summed E-state index contributed by atoms with van der Waals surface area (Å²) in [5, 5.41) is 2.61. The molecule has 0 aliphatic heterocycles. The standard InChI is InChI=1S/C15H12INO4/c16-13-8-6-12(21-13)7-9-15(19)20-10-14(18)17-11-4-2-1-3-5-11/h1-9H,10H2,(H,17,18). The van der Waals surface area contributed by atoms with E-state index < -0.39 is 11.9 Å². The van der Waals surface area contributed by atoms with E-state index in [4.69, 9.17) is 9.15 Å². The second-order valence-corrected chi connectivity index (χ2v) is 5.06. The lowest BCUT2D eigenvalue weighted by Crippen LogP contribution is -2.20. The molecule has 2 rings (SSSR count). The van der Waals surface area contributed by atoms with Crippen molar-refractivity contribution in [3.8, 4) is 0 Å². The Balaban J connectivity index is 1.76. The Morgan fingerprint density at radius 3 is 2.62 bits per heavy atom. The van der Waals surface area contributed by atoms with Crippen molar-refractivity contribution >= 4 is 46.2 Å². The molecule has 6 heteroatoms. The molecule has 0 bridgehead atoms. The van der Waals surface area contributed by atoms with E-state index in [0.717, 1.165) is 3.77 Å². The van der Waals surface area contributed by atoms with Crippen molar-refractivity contribution < 1.29 is 18.7 Å². The molecular formula is C15H12INO4. The van der Waals surface area contributed by atoms with Crippen LogP contribution in [0.4, 0.5) is 5.69 Å². The Morgan fingerprint density at radius 2 is 1.95 bits per heavy atom. The Kier molecular flexibility index (Phi) is 5.56. The Morgan fingerprint density at radius 1 is 1.19 bits per heavy atom. The lowest BCUT2D eigenvalue weighted by molar-refractivity contribution is -0.142. The zero-order valence-electron chi connectivity index (χ0n) is 10.9. The number of carbonyl (C=O) groups is 2. The van der Waals surface area contributed by atoms with Gasteiger partial charge in [-0.25, -0.2) is 4.79 Å². The zero-order chi connectivity index (χ0) is 15.1. The molecule has 0 atom stereocenters. The number of ether oxygens (including phenoxy) is 1. The van der Waals surface area contributed by atoms with Gasteiger partial charge in [-0.15, -0.1) is 0 Å². The van der Waals surface area contributed by atoms with Crippen LogP contribution in [0.2, 0.25) is 0 Å². The van der Waals surface area contributed by atoms with Crippen LogP contribution in [0.1, 0.15) is 5.76 Å². The quantitative estimate of drug-likeness (QED) is 0.479. The van der Waals surface area contributed by atoms with Gasteiger partial charge < -0.3 is 14.5 Å². The van der Waals surface area contributed by atoms with Crippen molar-refractivity contribution in [2.45, 2.75) is 0 Å². The maximum absolute atomic E-state index is 11.6. The first-order valence-electron chi connectivity index (χ1n) is 6.08. The van der Waals surface area contributed by atoms with Gasteiger partial charge in [-0.05, 0) is 52.9 Å². The van der Waals surface area contributed by atoms with Gasteiger partial charge in [0.15, 0.2) is 10.4 Å². The molecule has 108 valence electrons. The van der Waals surface area contributed by atoms with Crippen LogP contribution >= 0.6 is 22.6 Å².